The number of carbonyl (C=O) groups excluding carboxylic acids is 1. The van der Waals surface area contributed by atoms with E-state index in [4.69, 9.17) is 0 Å². The van der Waals surface area contributed by atoms with Gasteiger partial charge in [-0.1, -0.05) is 55.4 Å². The summed E-state index contributed by atoms with van der Waals surface area (Å²) in [5.74, 6) is 1.83. The van der Waals surface area contributed by atoms with Crippen molar-refractivity contribution in [1.29, 1.82) is 0 Å². The minimum Gasteiger partial charge on any atom is -0.342 e. The van der Waals surface area contributed by atoms with Gasteiger partial charge < -0.3 is 4.90 Å². The molecule has 1 unspecified atom stereocenters. The fourth-order valence-corrected chi connectivity index (χ4v) is 3.87. The molecule has 0 aliphatic rings. The fourth-order valence-electron chi connectivity index (χ4n) is 3.00. The van der Waals surface area contributed by atoms with E-state index in [2.05, 4.69) is 56.6 Å². The van der Waals surface area contributed by atoms with Gasteiger partial charge >= 0.3 is 0 Å². The van der Waals surface area contributed by atoms with Crippen LogP contribution in [-0.2, 0) is 11.3 Å². The van der Waals surface area contributed by atoms with E-state index in [1.54, 1.807) is 0 Å². The maximum atomic E-state index is 12.6. The van der Waals surface area contributed by atoms with E-state index in [0.29, 0.717) is 18.2 Å². The van der Waals surface area contributed by atoms with E-state index < -0.39 is 0 Å². The van der Waals surface area contributed by atoms with E-state index >= 15 is 0 Å². The van der Waals surface area contributed by atoms with Crippen molar-refractivity contribution in [3.8, 4) is 11.4 Å². The third kappa shape index (κ3) is 5.70. The summed E-state index contributed by atoms with van der Waals surface area (Å²) in [7, 11) is 1.88. The zero-order valence-corrected chi connectivity index (χ0v) is 17.8. The van der Waals surface area contributed by atoms with Crippen LogP contribution in [-0.4, -0.2) is 44.4 Å². The highest BCUT2D eigenvalue weighted by atomic mass is 32.2. The van der Waals surface area contributed by atoms with E-state index in [-0.39, 0.29) is 11.9 Å². The quantitative estimate of drug-likeness (QED) is 0.473. The highest BCUT2D eigenvalue weighted by Gasteiger charge is 2.19. The van der Waals surface area contributed by atoms with Crippen LogP contribution in [0, 0.1) is 12.8 Å². The summed E-state index contributed by atoms with van der Waals surface area (Å²) in [6.07, 6.45) is 2.82. The summed E-state index contributed by atoms with van der Waals surface area (Å²) in [4.78, 5) is 14.4. The van der Waals surface area contributed by atoms with Crippen molar-refractivity contribution >= 4 is 17.7 Å². The van der Waals surface area contributed by atoms with E-state index in [1.165, 1.54) is 17.3 Å². The van der Waals surface area contributed by atoms with E-state index in [1.807, 2.05) is 34.7 Å². The molecule has 1 aromatic carbocycles. The Morgan fingerprint density at radius 3 is 2.70 bits per heavy atom. The number of benzene rings is 1. The van der Waals surface area contributed by atoms with Crippen LogP contribution in [0.3, 0.4) is 0 Å². The van der Waals surface area contributed by atoms with Gasteiger partial charge in [-0.05, 0) is 32.3 Å². The molecule has 1 aromatic heterocycles. The SMILES string of the molecule is C=CCn1c(SCC(=O)N(C)C(C)CC(C)C)nnc1-c1cccc(C)c1. The Labute approximate surface area is 166 Å². The van der Waals surface area contributed by atoms with Crippen LogP contribution in [0.1, 0.15) is 32.8 Å². The Hall–Kier alpha value is -2.08. The molecule has 0 spiro atoms. The number of allylic oxidation sites excluding steroid dienone is 1. The monoisotopic (exact) mass is 386 g/mol. The van der Waals surface area contributed by atoms with Gasteiger partial charge in [0.05, 0.1) is 5.75 Å². The normalized spacial score (nSPS) is 12.2. The van der Waals surface area contributed by atoms with Crippen LogP contribution in [0.4, 0.5) is 0 Å². The molecule has 0 aliphatic heterocycles. The van der Waals surface area contributed by atoms with Crippen LogP contribution < -0.4 is 0 Å². The molecular weight excluding hydrogens is 356 g/mol. The number of aryl methyl sites for hydroxylation is 1. The highest BCUT2D eigenvalue weighted by Crippen LogP contribution is 2.25. The summed E-state index contributed by atoms with van der Waals surface area (Å²) in [5.41, 5.74) is 2.19. The minimum atomic E-state index is 0.110. The second-order valence-electron chi connectivity index (χ2n) is 7.35. The van der Waals surface area contributed by atoms with Gasteiger partial charge in [0.15, 0.2) is 11.0 Å². The first-order valence-electron chi connectivity index (χ1n) is 9.33. The van der Waals surface area contributed by atoms with Crippen molar-refractivity contribution in [2.75, 3.05) is 12.8 Å². The number of rotatable bonds is 9. The summed E-state index contributed by atoms with van der Waals surface area (Å²) < 4.78 is 2.01. The van der Waals surface area contributed by atoms with Crippen molar-refractivity contribution in [3.63, 3.8) is 0 Å². The average molecular weight is 387 g/mol. The van der Waals surface area contributed by atoms with Crippen molar-refractivity contribution in [1.82, 2.24) is 19.7 Å². The second-order valence-corrected chi connectivity index (χ2v) is 8.29. The number of nitrogens with zero attached hydrogens (tertiary/aromatic N) is 4. The lowest BCUT2D eigenvalue weighted by Gasteiger charge is -2.26. The fraction of sp³-hybridized carbons (Fsp3) is 0.476. The van der Waals surface area contributed by atoms with Gasteiger partial charge in [-0.2, -0.15) is 0 Å². The van der Waals surface area contributed by atoms with Crippen molar-refractivity contribution in [2.45, 2.75) is 51.9 Å². The molecule has 5 nitrogen and oxygen atoms in total. The third-order valence-electron chi connectivity index (χ3n) is 4.50. The molecule has 2 rings (SSSR count). The van der Waals surface area contributed by atoms with Crippen LogP contribution in [0.25, 0.3) is 11.4 Å². The molecule has 0 bridgehead atoms. The number of hydrogen-bond acceptors (Lipinski definition) is 4. The molecule has 6 heteroatoms. The predicted molar refractivity (Wildman–Crippen MR) is 113 cm³/mol. The van der Waals surface area contributed by atoms with Gasteiger partial charge in [0.2, 0.25) is 5.91 Å². The third-order valence-corrected chi connectivity index (χ3v) is 5.45. The summed E-state index contributed by atoms with van der Waals surface area (Å²) >= 11 is 1.43. The van der Waals surface area contributed by atoms with Crippen molar-refractivity contribution < 1.29 is 4.79 Å². The smallest absolute Gasteiger partial charge is 0.233 e. The molecule has 1 amide bonds. The number of hydrogen-bond donors (Lipinski definition) is 0. The second kappa shape index (κ2) is 9.74. The van der Waals surface area contributed by atoms with Gasteiger partial charge in [0.1, 0.15) is 0 Å². The topological polar surface area (TPSA) is 51.0 Å². The highest BCUT2D eigenvalue weighted by molar-refractivity contribution is 7.99. The summed E-state index contributed by atoms with van der Waals surface area (Å²) in [5, 5.41) is 9.43. The van der Waals surface area contributed by atoms with Crippen LogP contribution in [0.15, 0.2) is 42.1 Å². The van der Waals surface area contributed by atoms with E-state index in [0.717, 1.165) is 23.0 Å². The molecule has 1 heterocycles. The van der Waals surface area contributed by atoms with Gasteiger partial charge in [0.25, 0.3) is 0 Å². The zero-order chi connectivity index (χ0) is 20.0. The van der Waals surface area contributed by atoms with Gasteiger partial charge in [-0.3, -0.25) is 9.36 Å². The van der Waals surface area contributed by atoms with E-state index in [9.17, 15) is 4.79 Å². The van der Waals surface area contributed by atoms with Crippen LogP contribution in [0.2, 0.25) is 0 Å². The molecular formula is C21H30N4OS. The van der Waals surface area contributed by atoms with Crippen molar-refractivity contribution in [2.24, 2.45) is 5.92 Å². The predicted octanol–water partition coefficient (Wildman–Crippen LogP) is 4.42. The number of aromatic nitrogens is 3. The molecule has 0 radical (unpaired) electrons. The molecule has 2 aromatic rings. The van der Waals surface area contributed by atoms with Gasteiger partial charge in [-0.25, -0.2) is 0 Å². The zero-order valence-electron chi connectivity index (χ0n) is 17.0. The Bertz CT molecular complexity index is 784. The van der Waals surface area contributed by atoms with Crippen LogP contribution >= 0.6 is 11.8 Å². The lowest BCUT2D eigenvalue weighted by Crippen LogP contribution is -2.37. The Morgan fingerprint density at radius 1 is 1.33 bits per heavy atom. The maximum absolute atomic E-state index is 12.6. The minimum absolute atomic E-state index is 0.110. The lowest BCUT2D eigenvalue weighted by atomic mass is 10.0. The molecule has 0 aliphatic carbocycles. The molecule has 0 fully saturated rings. The lowest BCUT2D eigenvalue weighted by molar-refractivity contribution is -0.129. The Balaban J connectivity index is 2.12. The van der Waals surface area contributed by atoms with Crippen LogP contribution in [0.5, 0.6) is 0 Å². The average Bonchev–Trinajstić information content (AvgIpc) is 3.01. The standard InChI is InChI=1S/C21H30N4OS/c1-7-11-25-20(18-10-8-9-16(4)13-18)22-23-21(25)27-14-19(26)24(6)17(5)12-15(2)3/h7-10,13,15,17H,1,11-12,14H2,2-6H3. The molecule has 0 saturated heterocycles. The number of amides is 1. The molecule has 1 atom stereocenters. The Kier molecular flexibility index (Phi) is 7.66. The number of carbonyl (C=O) groups is 1. The maximum Gasteiger partial charge on any atom is 0.233 e. The van der Waals surface area contributed by atoms with Gasteiger partial charge in [-0.15, -0.1) is 16.8 Å². The summed E-state index contributed by atoms with van der Waals surface area (Å²) in [6, 6.07) is 8.41. The first-order chi connectivity index (χ1) is 12.8. The Morgan fingerprint density at radius 2 is 2.07 bits per heavy atom. The number of thioether (sulfide) groups is 1. The molecule has 0 N–H and O–H groups in total. The largest absolute Gasteiger partial charge is 0.342 e. The molecule has 27 heavy (non-hydrogen) atoms. The first kappa shape index (κ1) is 21.2. The molecule has 0 saturated carbocycles. The van der Waals surface area contributed by atoms with Crippen molar-refractivity contribution in [3.05, 3.63) is 42.5 Å². The first-order valence-corrected chi connectivity index (χ1v) is 10.3. The molecule has 146 valence electrons. The van der Waals surface area contributed by atoms with Gasteiger partial charge in [0, 0.05) is 25.2 Å². The summed E-state index contributed by atoms with van der Waals surface area (Å²) in [6.45, 7) is 12.9.